The molecule has 0 atom stereocenters. The number of dihydropyridines is 1. The molecule has 0 radical (unpaired) electrons. The van der Waals surface area contributed by atoms with Crippen LogP contribution in [0.25, 0.3) is 0 Å². The van der Waals surface area contributed by atoms with Crippen LogP contribution in [0.1, 0.15) is 27.7 Å². The third kappa shape index (κ3) is 2.81. The highest BCUT2D eigenvalue weighted by molar-refractivity contribution is 6.22. The first-order valence-electron chi connectivity index (χ1n) is 5.20. The zero-order valence-electron chi connectivity index (χ0n) is 10.4. The number of allylic oxidation sites excluding steroid dienone is 1. The fourth-order valence-corrected chi connectivity index (χ4v) is 1.55. The highest BCUT2D eigenvalue weighted by Gasteiger charge is 2.29. The number of nitrogens with zero attached hydrogens (tertiary/aromatic N) is 1. The van der Waals surface area contributed by atoms with Gasteiger partial charge in [-0.3, -0.25) is 4.79 Å². The second-order valence-electron chi connectivity index (χ2n) is 5.02. The molecule has 5 nitrogen and oxygen atoms in total. The Hall–Kier alpha value is -1.91. The molecule has 1 aliphatic rings. The third-order valence-corrected chi connectivity index (χ3v) is 2.22. The second-order valence-corrected chi connectivity index (χ2v) is 5.02. The van der Waals surface area contributed by atoms with Crippen molar-refractivity contribution in [2.24, 2.45) is 16.1 Å². The molecule has 0 saturated heterocycles. The molecule has 1 rings (SSSR count). The molecule has 0 fully saturated rings. The van der Waals surface area contributed by atoms with E-state index in [-0.39, 0.29) is 16.7 Å². The molecular formula is C12H16N2O3. The maximum Gasteiger partial charge on any atom is 0.338 e. The molecular weight excluding hydrogens is 220 g/mol. The van der Waals surface area contributed by atoms with Crippen LogP contribution in [-0.2, 0) is 9.59 Å². The van der Waals surface area contributed by atoms with E-state index < -0.39 is 11.9 Å². The fraction of sp³-hybridized carbons (Fsp3) is 0.417. The van der Waals surface area contributed by atoms with Crippen molar-refractivity contribution >= 4 is 17.6 Å². The molecule has 5 heteroatoms. The first-order valence-corrected chi connectivity index (χ1v) is 5.20. The molecule has 0 aliphatic carbocycles. The number of rotatable bonds is 1. The second kappa shape index (κ2) is 4.16. The monoisotopic (exact) mass is 236 g/mol. The number of carboxylic acids is 1. The number of aliphatic carboxylic acids is 1. The topological polar surface area (TPSA) is 92.8 Å². The van der Waals surface area contributed by atoms with Crippen LogP contribution in [0.4, 0.5) is 0 Å². The molecule has 0 saturated carbocycles. The zero-order valence-corrected chi connectivity index (χ0v) is 10.4. The Kier molecular flexibility index (Phi) is 3.22. The highest BCUT2D eigenvalue weighted by Crippen LogP contribution is 2.26. The molecule has 1 aliphatic heterocycles. The van der Waals surface area contributed by atoms with E-state index in [9.17, 15) is 9.59 Å². The summed E-state index contributed by atoms with van der Waals surface area (Å²) in [7, 11) is 0. The molecule has 1 heterocycles. The van der Waals surface area contributed by atoms with Crippen LogP contribution < -0.4 is 5.73 Å². The van der Waals surface area contributed by atoms with Crippen molar-refractivity contribution in [2.75, 3.05) is 0 Å². The largest absolute Gasteiger partial charge is 0.478 e. The van der Waals surface area contributed by atoms with Crippen LogP contribution in [0.3, 0.4) is 0 Å². The Balaban J connectivity index is 3.46. The predicted molar refractivity (Wildman–Crippen MR) is 64.5 cm³/mol. The van der Waals surface area contributed by atoms with Gasteiger partial charge in [-0.05, 0) is 12.3 Å². The lowest BCUT2D eigenvalue weighted by Crippen LogP contribution is -2.26. The third-order valence-electron chi connectivity index (χ3n) is 2.22. The van der Waals surface area contributed by atoms with Gasteiger partial charge >= 0.3 is 5.97 Å². The molecule has 0 bridgehead atoms. The van der Waals surface area contributed by atoms with Crippen LogP contribution in [-0.4, -0.2) is 22.7 Å². The van der Waals surface area contributed by atoms with Crippen LogP contribution in [0.15, 0.2) is 27.9 Å². The summed E-state index contributed by atoms with van der Waals surface area (Å²) in [5.74, 6) is -1.90. The number of carbonyl (C=O) groups is 2. The van der Waals surface area contributed by atoms with E-state index in [1.807, 2.05) is 20.8 Å². The minimum Gasteiger partial charge on any atom is -0.478 e. The number of nitrogens with two attached hydrogens (primary N) is 1. The summed E-state index contributed by atoms with van der Waals surface area (Å²) in [5, 5.41) is 9.13. The number of amides is 1. The molecule has 0 aromatic rings. The summed E-state index contributed by atoms with van der Waals surface area (Å²) in [6.07, 6.45) is 1.76. The normalized spacial score (nSPS) is 19.6. The van der Waals surface area contributed by atoms with Crippen LogP contribution in [0, 0.1) is 5.41 Å². The van der Waals surface area contributed by atoms with Crippen molar-refractivity contribution in [3.05, 3.63) is 22.9 Å². The lowest BCUT2D eigenvalue weighted by molar-refractivity contribution is -0.132. The minimum absolute atomic E-state index is 0.155. The first-order chi connectivity index (χ1) is 7.63. The van der Waals surface area contributed by atoms with E-state index in [0.29, 0.717) is 11.3 Å². The summed E-state index contributed by atoms with van der Waals surface area (Å²) in [6.45, 7) is 7.39. The van der Waals surface area contributed by atoms with Gasteiger partial charge in [0.15, 0.2) is 0 Å². The summed E-state index contributed by atoms with van der Waals surface area (Å²) < 4.78 is 0. The Morgan fingerprint density at radius 2 is 1.94 bits per heavy atom. The standard InChI is InChI=1S/C12H16N2O3/c1-6-7(5-12(2,3)4)8(11(16)17)9(13)10(15)14-6/h5H,13H2,1-4H3,(H,16,17). The molecule has 92 valence electrons. The fourth-order valence-electron chi connectivity index (χ4n) is 1.55. The van der Waals surface area contributed by atoms with Gasteiger partial charge in [0.05, 0.1) is 5.57 Å². The van der Waals surface area contributed by atoms with E-state index in [4.69, 9.17) is 10.8 Å². The number of carboxylic acid groups (broad SMARTS) is 1. The van der Waals surface area contributed by atoms with Gasteiger partial charge < -0.3 is 10.8 Å². The van der Waals surface area contributed by atoms with Crippen LogP contribution in [0.5, 0.6) is 0 Å². The van der Waals surface area contributed by atoms with Gasteiger partial charge in [0.25, 0.3) is 5.91 Å². The smallest absolute Gasteiger partial charge is 0.338 e. The van der Waals surface area contributed by atoms with Crippen molar-refractivity contribution < 1.29 is 14.7 Å². The maximum atomic E-state index is 11.4. The molecule has 17 heavy (non-hydrogen) atoms. The molecule has 0 spiro atoms. The van der Waals surface area contributed by atoms with Gasteiger partial charge in [0, 0.05) is 11.3 Å². The van der Waals surface area contributed by atoms with E-state index in [1.54, 1.807) is 13.0 Å². The predicted octanol–water partition coefficient (Wildman–Crippen LogP) is 1.26. The first kappa shape index (κ1) is 13.2. The molecule has 0 aromatic carbocycles. The zero-order chi connectivity index (χ0) is 13.4. The Labute approximate surface area is 99.7 Å². The Bertz CT molecular complexity index is 476. The van der Waals surface area contributed by atoms with E-state index in [0.717, 1.165) is 0 Å². The molecule has 3 N–H and O–H groups in total. The SMILES string of the molecule is CC1=NC(=O)C(N)=C(C(=O)O)C1=CC(C)(C)C. The summed E-state index contributed by atoms with van der Waals surface area (Å²) >= 11 is 0. The van der Waals surface area contributed by atoms with Gasteiger partial charge in [-0.15, -0.1) is 0 Å². The lowest BCUT2D eigenvalue weighted by Gasteiger charge is -2.20. The van der Waals surface area contributed by atoms with E-state index >= 15 is 0 Å². The summed E-state index contributed by atoms with van der Waals surface area (Å²) in [6, 6.07) is 0. The van der Waals surface area contributed by atoms with Crippen LogP contribution >= 0.6 is 0 Å². The molecule has 0 aromatic heterocycles. The van der Waals surface area contributed by atoms with Crippen molar-refractivity contribution in [3.8, 4) is 0 Å². The van der Waals surface area contributed by atoms with Gasteiger partial charge in [0.2, 0.25) is 0 Å². The van der Waals surface area contributed by atoms with Crippen LogP contribution in [0.2, 0.25) is 0 Å². The van der Waals surface area contributed by atoms with Gasteiger partial charge in [0.1, 0.15) is 5.70 Å². The van der Waals surface area contributed by atoms with Gasteiger partial charge in [-0.2, -0.15) is 0 Å². The Morgan fingerprint density at radius 1 is 1.41 bits per heavy atom. The quantitative estimate of drug-likeness (QED) is 0.716. The Morgan fingerprint density at radius 3 is 2.35 bits per heavy atom. The summed E-state index contributed by atoms with van der Waals surface area (Å²) in [5.41, 5.74) is 5.61. The minimum atomic E-state index is -1.21. The van der Waals surface area contributed by atoms with Gasteiger partial charge in [-0.1, -0.05) is 26.8 Å². The molecule has 1 amide bonds. The van der Waals surface area contributed by atoms with Crippen molar-refractivity contribution in [1.82, 2.24) is 0 Å². The van der Waals surface area contributed by atoms with Crippen molar-refractivity contribution in [3.63, 3.8) is 0 Å². The highest BCUT2D eigenvalue weighted by atomic mass is 16.4. The molecule has 0 unspecified atom stereocenters. The average molecular weight is 236 g/mol. The van der Waals surface area contributed by atoms with Crippen molar-refractivity contribution in [1.29, 1.82) is 0 Å². The van der Waals surface area contributed by atoms with E-state index in [2.05, 4.69) is 4.99 Å². The number of hydrogen-bond acceptors (Lipinski definition) is 3. The average Bonchev–Trinajstić information content (AvgIpc) is 2.11. The lowest BCUT2D eigenvalue weighted by atomic mass is 9.87. The van der Waals surface area contributed by atoms with E-state index in [1.165, 1.54) is 0 Å². The maximum absolute atomic E-state index is 11.4. The number of aliphatic imine (C=N–C) groups is 1. The van der Waals surface area contributed by atoms with Crippen molar-refractivity contribution in [2.45, 2.75) is 27.7 Å². The number of hydrogen-bond donors (Lipinski definition) is 2. The summed E-state index contributed by atoms with van der Waals surface area (Å²) in [4.78, 5) is 26.3. The van der Waals surface area contributed by atoms with Gasteiger partial charge in [-0.25, -0.2) is 9.79 Å². The number of carbonyl (C=O) groups excluding carboxylic acids is 1.